The highest BCUT2D eigenvalue weighted by molar-refractivity contribution is 7.93. The minimum absolute atomic E-state index is 0.0856. The van der Waals surface area contributed by atoms with Gasteiger partial charge in [-0.15, -0.1) is 0 Å². The van der Waals surface area contributed by atoms with Crippen molar-refractivity contribution in [3.8, 4) is 11.6 Å². The van der Waals surface area contributed by atoms with E-state index in [1.54, 1.807) is 19.2 Å². The van der Waals surface area contributed by atoms with E-state index in [1.807, 2.05) is 6.92 Å². The third kappa shape index (κ3) is 3.33. The second-order valence-corrected chi connectivity index (χ2v) is 9.02. The smallest absolute Gasteiger partial charge is 0.220 e. The predicted molar refractivity (Wildman–Crippen MR) is 99.9 cm³/mol. The Bertz CT molecular complexity index is 959. The maximum absolute atomic E-state index is 13.0. The Morgan fingerprint density at radius 2 is 1.96 bits per heavy atom. The van der Waals surface area contributed by atoms with Crippen molar-refractivity contribution in [3.63, 3.8) is 0 Å². The number of ether oxygens (including phenoxy) is 1. The molecule has 1 aromatic heterocycles. The van der Waals surface area contributed by atoms with E-state index in [1.165, 1.54) is 18.0 Å². The van der Waals surface area contributed by atoms with E-state index < -0.39 is 15.5 Å². The summed E-state index contributed by atoms with van der Waals surface area (Å²) < 4.78 is 24.3. The molecule has 0 aliphatic carbocycles. The highest BCUT2D eigenvalue weighted by atomic mass is 32.2. The van der Waals surface area contributed by atoms with E-state index in [-0.39, 0.29) is 22.8 Å². The lowest BCUT2D eigenvalue weighted by molar-refractivity contribution is 0.103. The Labute approximate surface area is 153 Å². The van der Waals surface area contributed by atoms with E-state index >= 15 is 0 Å². The van der Waals surface area contributed by atoms with Crippen LogP contribution in [0.2, 0.25) is 0 Å². The number of carbonyl (C=O) groups is 1. The molecule has 1 aromatic carbocycles. The Kier molecular flexibility index (Phi) is 5.04. The number of aryl methyl sites for hydroxylation is 2. The summed E-state index contributed by atoms with van der Waals surface area (Å²) in [6, 6.07) is 3.39. The molecule has 3 rings (SSSR count). The van der Waals surface area contributed by atoms with Gasteiger partial charge in [-0.2, -0.15) is 9.46 Å². The normalized spacial score (nSPS) is 16.3. The Balaban J connectivity index is 2.14. The number of aromatic nitrogens is 2. The van der Waals surface area contributed by atoms with Crippen molar-refractivity contribution in [1.82, 2.24) is 9.78 Å². The van der Waals surface area contributed by atoms with Gasteiger partial charge in [-0.25, -0.2) is 8.89 Å². The molecule has 0 amide bonds. The van der Waals surface area contributed by atoms with Gasteiger partial charge < -0.3 is 9.84 Å². The summed E-state index contributed by atoms with van der Waals surface area (Å²) in [4.78, 5) is 12.9. The summed E-state index contributed by atoms with van der Waals surface area (Å²) in [5.74, 6) is 0.789. The first-order valence-electron chi connectivity index (χ1n) is 8.52. The Hall–Kier alpha value is -2.35. The molecular formula is C18H23N3O4S. The molecule has 8 heteroatoms. The summed E-state index contributed by atoms with van der Waals surface area (Å²) >= 11 is 0. The highest BCUT2D eigenvalue weighted by Gasteiger charge is 2.24. The first-order valence-corrected chi connectivity index (χ1v) is 10.4. The minimum Gasteiger partial charge on any atom is -0.494 e. The van der Waals surface area contributed by atoms with Crippen LogP contribution in [-0.4, -0.2) is 43.5 Å². The number of methoxy groups -OCH3 is 1. The lowest BCUT2D eigenvalue weighted by Crippen LogP contribution is -2.16. The zero-order valence-electron chi connectivity index (χ0n) is 15.2. The van der Waals surface area contributed by atoms with Crippen LogP contribution < -0.4 is 4.74 Å². The second kappa shape index (κ2) is 7.11. The van der Waals surface area contributed by atoms with Crippen molar-refractivity contribution in [2.24, 2.45) is 11.4 Å². The molecule has 140 valence electrons. The summed E-state index contributed by atoms with van der Waals surface area (Å²) in [6.45, 7) is 1.85. The van der Waals surface area contributed by atoms with Crippen LogP contribution in [0, 0.1) is 6.92 Å². The van der Waals surface area contributed by atoms with Crippen LogP contribution in [0.25, 0.3) is 0 Å². The van der Waals surface area contributed by atoms with Crippen LogP contribution in [0.1, 0.15) is 40.7 Å². The van der Waals surface area contributed by atoms with Crippen molar-refractivity contribution in [2.45, 2.75) is 26.2 Å². The molecule has 1 aliphatic heterocycles. The van der Waals surface area contributed by atoms with Crippen LogP contribution in [0.15, 0.2) is 22.7 Å². The van der Waals surface area contributed by atoms with Crippen LogP contribution in [0.4, 0.5) is 5.69 Å². The van der Waals surface area contributed by atoms with Gasteiger partial charge in [0, 0.05) is 18.6 Å². The molecule has 1 N–H and O–H groups in total. The van der Waals surface area contributed by atoms with Gasteiger partial charge in [0.25, 0.3) is 0 Å². The molecular weight excluding hydrogens is 354 g/mol. The molecule has 26 heavy (non-hydrogen) atoms. The molecule has 0 unspecified atom stereocenters. The fourth-order valence-electron chi connectivity index (χ4n) is 3.10. The van der Waals surface area contributed by atoms with Crippen molar-refractivity contribution in [3.05, 3.63) is 35.0 Å². The zero-order valence-corrected chi connectivity index (χ0v) is 16.0. The van der Waals surface area contributed by atoms with E-state index in [0.29, 0.717) is 17.2 Å². The second-order valence-electron chi connectivity index (χ2n) is 6.48. The average molecular weight is 377 g/mol. The number of aromatic hydroxyl groups is 1. The summed E-state index contributed by atoms with van der Waals surface area (Å²) in [7, 11) is 0.667. The van der Waals surface area contributed by atoms with E-state index in [0.717, 1.165) is 24.8 Å². The lowest BCUT2D eigenvalue weighted by Gasteiger charge is -2.18. The number of ketones is 1. The largest absolute Gasteiger partial charge is 0.494 e. The number of hydrogen-bond donors (Lipinski definition) is 1. The Morgan fingerprint density at radius 3 is 2.54 bits per heavy atom. The quantitative estimate of drug-likeness (QED) is 0.827. The number of rotatable bonds is 4. The maximum Gasteiger partial charge on any atom is 0.220 e. The van der Waals surface area contributed by atoms with Crippen molar-refractivity contribution in [1.29, 1.82) is 0 Å². The fraction of sp³-hybridized carbons (Fsp3) is 0.444. The van der Waals surface area contributed by atoms with Crippen molar-refractivity contribution < 1.29 is 18.8 Å². The van der Waals surface area contributed by atoms with Crippen LogP contribution in [0.3, 0.4) is 0 Å². The molecule has 2 heterocycles. The number of benzene rings is 1. The molecule has 0 radical (unpaired) electrons. The van der Waals surface area contributed by atoms with E-state index in [9.17, 15) is 14.1 Å². The molecule has 1 aliphatic rings. The molecule has 7 nitrogen and oxygen atoms in total. The van der Waals surface area contributed by atoms with Crippen molar-refractivity contribution >= 4 is 21.2 Å². The van der Waals surface area contributed by atoms with Gasteiger partial charge >= 0.3 is 0 Å². The molecule has 1 fully saturated rings. The van der Waals surface area contributed by atoms with Gasteiger partial charge in [0.2, 0.25) is 11.7 Å². The molecule has 0 bridgehead atoms. The maximum atomic E-state index is 13.0. The van der Waals surface area contributed by atoms with Crippen molar-refractivity contribution in [2.75, 3.05) is 18.6 Å². The first kappa shape index (κ1) is 18.4. The minimum atomic E-state index is -2.34. The van der Waals surface area contributed by atoms with E-state index in [2.05, 4.69) is 9.46 Å². The van der Waals surface area contributed by atoms with Gasteiger partial charge in [-0.1, -0.05) is 12.5 Å². The van der Waals surface area contributed by atoms with Crippen LogP contribution >= 0.6 is 0 Å². The van der Waals surface area contributed by atoms with Crippen LogP contribution in [-0.2, 0) is 16.8 Å². The van der Waals surface area contributed by atoms with Gasteiger partial charge in [0.05, 0.1) is 28.6 Å². The average Bonchev–Trinajstić information content (AvgIpc) is 2.95. The Morgan fingerprint density at radius 1 is 1.27 bits per heavy atom. The van der Waals surface area contributed by atoms with Gasteiger partial charge in [-0.05, 0) is 31.4 Å². The van der Waals surface area contributed by atoms with Crippen LogP contribution in [0.5, 0.6) is 11.6 Å². The number of nitrogens with zero attached hydrogens (tertiary/aromatic N) is 3. The summed E-state index contributed by atoms with van der Waals surface area (Å²) in [5, 5.41) is 13.9. The third-order valence-electron chi connectivity index (χ3n) is 4.62. The standard InChI is InChI=1S/C18H23N3O4S/c1-12-7-8-13(16(22)14-11-19-21(2)18(14)23)17(25-3)15(12)20-26(24)9-5-4-6-10-26/h7-8,11,23H,4-6,9-10H2,1-3H3. The lowest BCUT2D eigenvalue weighted by atomic mass is 10.0. The van der Waals surface area contributed by atoms with Gasteiger partial charge in [-0.3, -0.25) is 4.79 Å². The zero-order chi connectivity index (χ0) is 18.9. The molecule has 0 spiro atoms. The molecule has 0 saturated carbocycles. The topological polar surface area (TPSA) is 93.8 Å². The fourth-order valence-corrected chi connectivity index (χ4v) is 5.35. The molecule has 2 aromatic rings. The summed E-state index contributed by atoms with van der Waals surface area (Å²) in [6.07, 6.45) is 4.18. The first-order chi connectivity index (χ1) is 12.4. The molecule has 0 atom stereocenters. The third-order valence-corrected chi connectivity index (χ3v) is 6.99. The van der Waals surface area contributed by atoms with Gasteiger partial charge in [0.15, 0.2) is 5.75 Å². The van der Waals surface area contributed by atoms with E-state index in [4.69, 9.17) is 4.74 Å². The van der Waals surface area contributed by atoms with Gasteiger partial charge in [0.1, 0.15) is 11.3 Å². The SMILES string of the molecule is COc1c(C(=O)c2cnn(C)c2O)ccc(C)c1N=S1(=O)CCCCC1. The number of hydrogen-bond acceptors (Lipinski definition) is 6. The monoisotopic (exact) mass is 377 g/mol. The highest BCUT2D eigenvalue weighted by Crippen LogP contribution is 2.38. The predicted octanol–water partition coefficient (Wildman–Crippen LogP) is 2.96. The summed E-state index contributed by atoms with van der Waals surface area (Å²) in [5.41, 5.74) is 1.59. The molecule has 1 saturated heterocycles. The number of carbonyl (C=O) groups excluding carboxylic acids is 1.